The van der Waals surface area contributed by atoms with Gasteiger partial charge in [0, 0.05) is 5.33 Å². The fraction of sp³-hybridized carbons (Fsp3) is 1.00. The topological polar surface area (TPSA) is 0 Å². The smallest absolute Gasteiger partial charge is 0.150 e. The average molecular weight is 384 g/mol. The molecular formula is C17H36BrClSi. The zero-order valence-electron chi connectivity index (χ0n) is 13.9. The first-order valence-electron chi connectivity index (χ1n) is 8.81. The zero-order chi connectivity index (χ0) is 15.1. The molecule has 0 aliphatic rings. The van der Waals surface area contributed by atoms with E-state index in [9.17, 15) is 0 Å². The van der Waals surface area contributed by atoms with E-state index in [1.165, 1.54) is 94.8 Å². The van der Waals surface area contributed by atoms with Crippen molar-refractivity contribution in [1.29, 1.82) is 0 Å². The van der Waals surface area contributed by atoms with Gasteiger partial charge in [-0.05, 0) is 12.5 Å². The maximum absolute atomic E-state index is 6.32. The van der Waals surface area contributed by atoms with Crippen LogP contribution in [0.2, 0.25) is 19.1 Å². The standard InChI is InChI=1S/C17H36BrClSi/c1-20(2,19)17-15-13-11-9-7-5-3-4-6-8-10-12-14-16-18/h3-17H2,1-2H3. The summed E-state index contributed by atoms with van der Waals surface area (Å²) in [5.74, 6) is 0. The lowest BCUT2D eigenvalue weighted by molar-refractivity contribution is 0.543. The minimum Gasteiger partial charge on any atom is -0.168 e. The second kappa shape index (κ2) is 14.9. The number of rotatable bonds is 15. The fourth-order valence-corrected chi connectivity index (χ4v) is 4.47. The van der Waals surface area contributed by atoms with Gasteiger partial charge in [-0.2, -0.15) is 11.1 Å². The fourth-order valence-electron chi connectivity index (χ4n) is 2.58. The summed E-state index contributed by atoms with van der Waals surface area (Å²) in [6, 6.07) is 1.30. The largest absolute Gasteiger partial charge is 0.168 e. The first-order chi connectivity index (χ1) is 9.56. The minimum atomic E-state index is -1.29. The van der Waals surface area contributed by atoms with Gasteiger partial charge in [-0.1, -0.05) is 106 Å². The first kappa shape index (κ1) is 21.0. The second-order valence-electron chi connectivity index (χ2n) is 6.75. The lowest BCUT2D eigenvalue weighted by atomic mass is 10.1. The summed E-state index contributed by atoms with van der Waals surface area (Å²) in [6.45, 7) is 4.52. The molecule has 0 saturated heterocycles. The van der Waals surface area contributed by atoms with Crippen molar-refractivity contribution in [2.45, 2.75) is 103 Å². The first-order valence-corrected chi connectivity index (χ1v) is 14.2. The number of halogens is 2. The van der Waals surface area contributed by atoms with Gasteiger partial charge >= 0.3 is 0 Å². The van der Waals surface area contributed by atoms with Gasteiger partial charge in [0.15, 0.2) is 0 Å². The minimum absolute atomic E-state index is 1.18. The SMILES string of the molecule is C[Si](C)(Cl)CCCCCCCCCCCCCCCBr. The Morgan fingerprint density at radius 2 is 0.900 bits per heavy atom. The van der Waals surface area contributed by atoms with Crippen LogP contribution in [0, 0.1) is 0 Å². The van der Waals surface area contributed by atoms with Crippen molar-refractivity contribution < 1.29 is 0 Å². The predicted octanol–water partition coefficient (Wildman–Crippen LogP) is 7.90. The highest BCUT2D eigenvalue weighted by atomic mass is 79.9. The molecule has 0 aliphatic carbocycles. The molecule has 0 atom stereocenters. The van der Waals surface area contributed by atoms with Gasteiger partial charge in [-0.25, -0.2) is 0 Å². The maximum Gasteiger partial charge on any atom is 0.150 e. The van der Waals surface area contributed by atoms with Gasteiger partial charge in [0.1, 0.15) is 7.38 Å². The molecule has 0 aromatic carbocycles. The van der Waals surface area contributed by atoms with Gasteiger partial charge in [-0.3, -0.25) is 0 Å². The number of hydrogen-bond acceptors (Lipinski definition) is 0. The third kappa shape index (κ3) is 19.0. The van der Waals surface area contributed by atoms with Crippen LogP contribution in [-0.2, 0) is 0 Å². The zero-order valence-corrected chi connectivity index (χ0v) is 17.2. The molecule has 20 heavy (non-hydrogen) atoms. The quantitative estimate of drug-likeness (QED) is 0.117. The van der Waals surface area contributed by atoms with Gasteiger partial charge in [0.25, 0.3) is 0 Å². The lowest BCUT2D eigenvalue weighted by Gasteiger charge is -2.11. The lowest BCUT2D eigenvalue weighted by Crippen LogP contribution is -2.14. The monoisotopic (exact) mass is 382 g/mol. The van der Waals surface area contributed by atoms with Crippen LogP contribution in [0.4, 0.5) is 0 Å². The normalized spacial score (nSPS) is 12.0. The third-order valence-corrected chi connectivity index (χ3v) is 6.58. The molecule has 0 amide bonds. The molecule has 0 aromatic rings. The summed E-state index contributed by atoms with van der Waals surface area (Å²) in [7, 11) is -1.29. The van der Waals surface area contributed by atoms with Crippen LogP contribution in [0.3, 0.4) is 0 Å². The van der Waals surface area contributed by atoms with E-state index in [0.29, 0.717) is 0 Å². The van der Waals surface area contributed by atoms with Gasteiger partial charge in [-0.15, -0.1) is 0 Å². The Morgan fingerprint density at radius 1 is 0.600 bits per heavy atom. The summed E-state index contributed by atoms with van der Waals surface area (Å²) >= 11 is 9.81. The molecule has 0 heterocycles. The molecule has 0 saturated carbocycles. The molecule has 0 nitrogen and oxygen atoms in total. The van der Waals surface area contributed by atoms with Crippen molar-refractivity contribution in [1.82, 2.24) is 0 Å². The van der Waals surface area contributed by atoms with E-state index in [4.69, 9.17) is 11.1 Å². The Hall–Kier alpha value is 0.987. The molecule has 0 radical (unpaired) electrons. The van der Waals surface area contributed by atoms with Crippen molar-refractivity contribution in [2.24, 2.45) is 0 Å². The molecule has 0 N–H and O–H groups in total. The van der Waals surface area contributed by atoms with E-state index in [1.807, 2.05) is 0 Å². The molecule has 0 fully saturated rings. The van der Waals surface area contributed by atoms with Crippen LogP contribution in [0.1, 0.15) is 83.5 Å². The highest BCUT2D eigenvalue weighted by Crippen LogP contribution is 2.19. The summed E-state index contributed by atoms with van der Waals surface area (Å²) in [6.07, 6.45) is 18.5. The summed E-state index contributed by atoms with van der Waals surface area (Å²) in [5.41, 5.74) is 0. The Balaban J connectivity index is 2.99. The van der Waals surface area contributed by atoms with Crippen LogP contribution >= 0.6 is 27.0 Å². The highest BCUT2D eigenvalue weighted by Gasteiger charge is 2.15. The molecule has 3 heteroatoms. The van der Waals surface area contributed by atoms with Crippen molar-refractivity contribution >= 4 is 34.4 Å². The van der Waals surface area contributed by atoms with Crippen molar-refractivity contribution in [2.75, 3.05) is 5.33 Å². The Labute approximate surface area is 142 Å². The Kier molecular flexibility index (Phi) is 15.6. The molecular weight excluding hydrogens is 348 g/mol. The van der Waals surface area contributed by atoms with E-state index >= 15 is 0 Å². The van der Waals surface area contributed by atoms with E-state index in [-0.39, 0.29) is 0 Å². The van der Waals surface area contributed by atoms with E-state index in [1.54, 1.807) is 0 Å². The van der Waals surface area contributed by atoms with Crippen molar-refractivity contribution in [3.05, 3.63) is 0 Å². The molecule has 0 bridgehead atoms. The summed E-state index contributed by atoms with van der Waals surface area (Å²) in [4.78, 5) is 0. The third-order valence-electron chi connectivity index (χ3n) is 3.90. The molecule has 0 rings (SSSR count). The number of unbranched alkanes of at least 4 members (excludes halogenated alkanes) is 12. The Bertz CT molecular complexity index is 192. The van der Waals surface area contributed by atoms with E-state index in [0.717, 1.165) is 0 Å². The molecule has 0 unspecified atom stereocenters. The maximum atomic E-state index is 6.32. The average Bonchev–Trinajstić information content (AvgIpc) is 2.38. The van der Waals surface area contributed by atoms with Gasteiger partial charge in [0.2, 0.25) is 0 Å². The second-order valence-corrected chi connectivity index (χ2v) is 14.6. The summed E-state index contributed by atoms with van der Waals surface area (Å²) < 4.78 is 0. The van der Waals surface area contributed by atoms with Crippen molar-refractivity contribution in [3.63, 3.8) is 0 Å². The molecule has 122 valence electrons. The Morgan fingerprint density at radius 3 is 1.20 bits per heavy atom. The van der Waals surface area contributed by atoms with Gasteiger partial charge < -0.3 is 0 Å². The van der Waals surface area contributed by atoms with Crippen LogP contribution in [0.5, 0.6) is 0 Å². The molecule has 0 spiro atoms. The molecule has 0 aliphatic heterocycles. The van der Waals surface area contributed by atoms with Crippen LogP contribution in [-0.4, -0.2) is 12.7 Å². The number of hydrogen-bond donors (Lipinski definition) is 0. The molecule has 0 aromatic heterocycles. The van der Waals surface area contributed by atoms with Crippen LogP contribution < -0.4 is 0 Å². The van der Waals surface area contributed by atoms with Gasteiger partial charge in [0.05, 0.1) is 0 Å². The highest BCUT2D eigenvalue weighted by molar-refractivity contribution is 9.09. The summed E-state index contributed by atoms with van der Waals surface area (Å²) in [5, 5.41) is 1.18. The predicted molar refractivity (Wildman–Crippen MR) is 102 cm³/mol. The van der Waals surface area contributed by atoms with E-state index < -0.39 is 7.38 Å². The number of alkyl halides is 1. The van der Waals surface area contributed by atoms with Crippen molar-refractivity contribution in [3.8, 4) is 0 Å². The van der Waals surface area contributed by atoms with E-state index in [2.05, 4.69) is 29.0 Å². The van der Waals surface area contributed by atoms with Crippen LogP contribution in [0.25, 0.3) is 0 Å². The van der Waals surface area contributed by atoms with Crippen LogP contribution in [0.15, 0.2) is 0 Å².